The molecule has 2 atom stereocenters. The van der Waals surface area contributed by atoms with Crippen LogP contribution in [0.2, 0.25) is 0 Å². The molecule has 8 nitrogen and oxygen atoms in total. The fraction of sp³-hybridized carbons (Fsp3) is 0.550. The van der Waals surface area contributed by atoms with Crippen LogP contribution in [-0.2, 0) is 23.9 Å². The monoisotopic (exact) mass is 405 g/mol. The first-order valence-electron chi connectivity index (χ1n) is 9.78. The van der Waals surface area contributed by atoms with E-state index in [0.29, 0.717) is 39.0 Å². The zero-order chi connectivity index (χ0) is 20.7. The van der Waals surface area contributed by atoms with Crippen molar-refractivity contribution < 1.29 is 28.2 Å². The molecular weight excluding hydrogens is 381 g/mol. The topological polar surface area (TPSA) is 105 Å². The van der Waals surface area contributed by atoms with Gasteiger partial charge in [-0.15, -0.1) is 0 Å². The van der Waals surface area contributed by atoms with Gasteiger partial charge in [-0.25, -0.2) is 9.18 Å². The van der Waals surface area contributed by atoms with Crippen molar-refractivity contribution in [1.82, 2.24) is 4.90 Å². The zero-order valence-electron chi connectivity index (χ0n) is 16.0. The number of ether oxygens (including phenoxy) is 2. The van der Waals surface area contributed by atoms with Crippen molar-refractivity contribution in [3.05, 3.63) is 30.1 Å². The van der Waals surface area contributed by atoms with Crippen LogP contribution in [0.3, 0.4) is 0 Å². The van der Waals surface area contributed by atoms with Gasteiger partial charge in [0.1, 0.15) is 12.1 Å². The highest BCUT2D eigenvalue weighted by Gasteiger charge is 2.84. The molecule has 0 radical (unpaired) electrons. The molecule has 2 unspecified atom stereocenters. The van der Waals surface area contributed by atoms with Crippen LogP contribution in [0.5, 0.6) is 0 Å². The van der Waals surface area contributed by atoms with Crippen molar-refractivity contribution in [2.24, 2.45) is 11.1 Å². The van der Waals surface area contributed by atoms with E-state index < -0.39 is 22.8 Å². The van der Waals surface area contributed by atoms with Crippen LogP contribution in [0.25, 0.3) is 0 Å². The SMILES string of the molecule is NC1(C(=O)OC=O)OC1(N1CCN(c2ccc(F)cc2)CC1)C1(C=O)CCCC1. The molecule has 1 aromatic rings. The average molecular weight is 405 g/mol. The van der Waals surface area contributed by atoms with E-state index in [1.807, 2.05) is 4.90 Å². The Kier molecular flexibility index (Phi) is 4.92. The number of nitrogens with zero attached hydrogens (tertiary/aromatic N) is 2. The summed E-state index contributed by atoms with van der Waals surface area (Å²) in [4.78, 5) is 39.4. The van der Waals surface area contributed by atoms with E-state index in [-0.39, 0.29) is 12.3 Å². The predicted molar refractivity (Wildman–Crippen MR) is 100 cm³/mol. The number of rotatable bonds is 6. The standard InChI is InChI=1S/C20H24FN3O5/c21-15-3-5-16(6-4-15)23-9-11-24(12-10-23)20(18(13-25)7-1-2-8-18)19(22,29-20)17(27)28-14-26/h3-6,13-14H,1-2,7-12,22H2. The van der Waals surface area contributed by atoms with Crippen LogP contribution < -0.4 is 10.6 Å². The molecular formula is C20H24FN3O5. The molecule has 0 bridgehead atoms. The molecule has 2 saturated heterocycles. The normalized spacial score (nSPS) is 31.3. The zero-order valence-corrected chi connectivity index (χ0v) is 16.0. The van der Waals surface area contributed by atoms with Crippen LogP contribution in [0.1, 0.15) is 25.7 Å². The van der Waals surface area contributed by atoms with Gasteiger partial charge in [-0.2, -0.15) is 0 Å². The molecule has 2 aliphatic heterocycles. The first kappa shape index (κ1) is 19.9. The Bertz CT molecular complexity index is 805. The summed E-state index contributed by atoms with van der Waals surface area (Å²) in [7, 11) is 0. The molecule has 3 fully saturated rings. The quantitative estimate of drug-likeness (QED) is 0.321. The highest BCUT2D eigenvalue weighted by molar-refractivity contribution is 5.89. The van der Waals surface area contributed by atoms with Gasteiger partial charge in [-0.1, -0.05) is 12.8 Å². The van der Waals surface area contributed by atoms with E-state index in [0.717, 1.165) is 24.8 Å². The van der Waals surface area contributed by atoms with E-state index in [2.05, 4.69) is 9.64 Å². The molecule has 1 saturated carbocycles. The maximum Gasteiger partial charge on any atom is 0.365 e. The summed E-state index contributed by atoms with van der Waals surface area (Å²) in [5.41, 5.74) is 3.05. The Morgan fingerprint density at radius 3 is 2.28 bits per heavy atom. The number of benzene rings is 1. The highest BCUT2D eigenvalue weighted by atomic mass is 19.1. The maximum absolute atomic E-state index is 13.2. The van der Waals surface area contributed by atoms with Crippen molar-refractivity contribution in [3.8, 4) is 0 Å². The van der Waals surface area contributed by atoms with Crippen LogP contribution >= 0.6 is 0 Å². The Balaban J connectivity index is 1.59. The van der Waals surface area contributed by atoms with Gasteiger partial charge >= 0.3 is 12.4 Å². The minimum Gasteiger partial charge on any atom is -0.392 e. The lowest BCUT2D eigenvalue weighted by Crippen LogP contribution is -2.64. The third-order valence-corrected chi connectivity index (χ3v) is 6.54. The first-order valence-corrected chi connectivity index (χ1v) is 9.78. The Morgan fingerprint density at radius 1 is 1.10 bits per heavy atom. The number of epoxide rings is 1. The van der Waals surface area contributed by atoms with Crippen molar-refractivity contribution in [2.75, 3.05) is 31.1 Å². The molecule has 2 heterocycles. The molecule has 3 aliphatic rings. The summed E-state index contributed by atoms with van der Waals surface area (Å²) >= 11 is 0. The molecule has 4 rings (SSSR count). The third kappa shape index (κ3) is 2.87. The Labute approximate surface area is 167 Å². The molecule has 0 spiro atoms. The van der Waals surface area contributed by atoms with Gasteiger partial charge in [0.2, 0.25) is 0 Å². The van der Waals surface area contributed by atoms with E-state index in [4.69, 9.17) is 10.5 Å². The van der Waals surface area contributed by atoms with Crippen molar-refractivity contribution in [1.29, 1.82) is 0 Å². The number of anilines is 1. The number of carbonyl (C=O) groups is 3. The van der Waals surface area contributed by atoms with Crippen LogP contribution in [0.4, 0.5) is 10.1 Å². The average Bonchev–Trinajstić information content (AvgIpc) is 3.13. The summed E-state index contributed by atoms with van der Waals surface area (Å²) in [6.45, 7) is 2.17. The molecule has 2 N–H and O–H groups in total. The van der Waals surface area contributed by atoms with E-state index >= 15 is 0 Å². The molecule has 156 valence electrons. The van der Waals surface area contributed by atoms with Gasteiger partial charge < -0.3 is 19.2 Å². The molecule has 1 aromatic carbocycles. The fourth-order valence-electron chi connectivity index (χ4n) is 5.08. The van der Waals surface area contributed by atoms with Gasteiger partial charge in [0.15, 0.2) is 5.72 Å². The summed E-state index contributed by atoms with van der Waals surface area (Å²) in [6, 6.07) is 6.25. The largest absolute Gasteiger partial charge is 0.392 e. The second kappa shape index (κ2) is 7.16. The molecule has 29 heavy (non-hydrogen) atoms. The fourth-order valence-corrected chi connectivity index (χ4v) is 5.08. The lowest BCUT2D eigenvalue weighted by molar-refractivity contribution is -0.156. The van der Waals surface area contributed by atoms with Gasteiger partial charge in [-0.3, -0.25) is 15.4 Å². The van der Waals surface area contributed by atoms with Crippen LogP contribution in [0.15, 0.2) is 24.3 Å². The minimum atomic E-state index is -1.86. The minimum absolute atomic E-state index is 0.0259. The number of halogens is 1. The number of hydrogen-bond acceptors (Lipinski definition) is 8. The van der Waals surface area contributed by atoms with Gasteiger partial charge in [-0.05, 0) is 37.1 Å². The third-order valence-electron chi connectivity index (χ3n) is 6.54. The van der Waals surface area contributed by atoms with Crippen LogP contribution in [-0.4, -0.2) is 61.3 Å². The summed E-state index contributed by atoms with van der Waals surface area (Å²) in [5, 5.41) is 0. The summed E-state index contributed by atoms with van der Waals surface area (Å²) in [5.74, 6) is -1.28. The second-order valence-corrected chi connectivity index (χ2v) is 7.91. The highest BCUT2D eigenvalue weighted by Crippen LogP contribution is 2.63. The van der Waals surface area contributed by atoms with Gasteiger partial charge in [0.25, 0.3) is 5.72 Å². The Morgan fingerprint density at radius 2 is 1.72 bits per heavy atom. The number of nitrogens with two attached hydrogens (primary N) is 1. The summed E-state index contributed by atoms with van der Waals surface area (Å²) < 4.78 is 23.6. The number of aldehydes is 1. The van der Waals surface area contributed by atoms with Crippen molar-refractivity contribution in [2.45, 2.75) is 37.1 Å². The first-order chi connectivity index (χ1) is 13.9. The van der Waals surface area contributed by atoms with Crippen molar-refractivity contribution >= 4 is 24.4 Å². The molecule has 1 aliphatic carbocycles. The lowest BCUT2D eigenvalue weighted by atomic mass is 9.75. The molecule has 0 aromatic heterocycles. The number of piperazine rings is 1. The molecule has 9 heteroatoms. The predicted octanol–water partition coefficient (Wildman–Crippen LogP) is 0.788. The second-order valence-electron chi connectivity index (χ2n) is 7.91. The number of carbonyl (C=O) groups excluding carboxylic acids is 3. The van der Waals surface area contributed by atoms with Gasteiger partial charge in [0.05, 0.1) is 5.41 Å². The molecule has 0 amide bonds. The number of esters is 1. The Hall–Kier alpha value is -2.36. The maximum atomic E-state index is 13.2. The van der Waals surface area contributed by atoms with E-state index in [9.17, 15) is 18.8 Å². The summed E-state index contributed by atoms with van der Waals surface area (Å²) in [6.07, 6.45) is 3.63. The van der Waals surface area contributed by atoms with E-state index in [1.165, 1.54) is 12.1 Å². The smallest absolute Gasteiger partial charge is 0.365 e. The van der Waals surface area contributed by atoms with Crippen LogP contribution in [0, 0.1) is 11.2 Å². The van der Waals surface area contributed by atoms with E-state index in [1.54, 1.807) is 12.1 Å². The lowest BCUT2D eigenvalue weighted by Gasteiger charge is -2.44. The van der Waals surface area contributed by atoms with Gasteiger partial charge in [0, 0.05) is 31.9 Å². The number of hydrogen-bond donors (Lipinski definition) is 1. The van der Waals surface area contributed by atoms with Crippen molar-refractivity contribution in [3.63, 3.8) is 0 Å².